The molecule has 5 heteroatoms. The van der Waals surface area contributed by atoms with Crippen molar-refractivity contribution in [1.82, 2.24) is 0 Å². The van der Waals surface area contributed by atoms with Gasteiger partial charge in [0, 0.05) is 6.42 Å². The number of carbonyl (C=O) groups is 2. The lowest BCUT2D eigenvalue weighted by Crippen LogP contribution is -2.28. The predicted molar refractivity (Wildman–Crippen MR) is 195 cm³/mol. The highest BCUT2D eigenvalue weighted by atomic mass is 16.6. The van der Waals surface area contributed by atoms with Gasteiger partial charge in [-0.15, -0.1) is 0 Å². The number of allylic oxidation sites excluding steroid dienone is 19. The molecule has 0 spiro atoms. The molecule has 254 valence electrons. The van der Waals surface area contributed by atoms with E-state index in [4.69, 9.17) is 9.47 Å². The molecule has 0 aromatic heterocycles. The van der Waals surface area contributed by atoms with Crippen LogP contribution in [-0.2, 0) is 19.1 Å². The Hall–Kier alpha value is -3.70. The summed E-state index contributed by atoms with van der Waals surface area (Å²) in [5.74, 6) is -0.824. The zero-order chi connectivity index (χ0) is 33.6. The van der Waals surface area contributed by atoms with Crippen molar-refractivity contribution in [2.75, 3.05) is 13.2 Å². The predicted octanol–water partition coefficient (Wildman–Crippen LogP) is 10.5. The molecule has 0 aromatic carbocycles. The molecule has 0 aliphatic heterocycles. The standard InChI is InChI=1S/C41H60O5/c1-3-5-7-9-11-13-15-17-19-20-22-24-26-28-30-32-34-36-41(44)46-39(37-42)38-45-40(43)35-33-31-29-27-25-23-21-18-16-14-12-10-8-6-4-2/h5-8,11-14,17-19,21-22,24-25,27-28,30-31,33,39,42H,3-4,9-10,15-16,20,23,26,29,32,34-38H2,1-2H3/b7-5-,8-6-,13-11-,14-12-,19-17-,21-18-,24-22-,27-25-,30-28-,33-31-. The highest BCUT2D eigenvalue weighted by Crippen LogP contribution is 2.04. The first-order chi connectivity index (χ1) is 22.6. The minimum Gasteiger partial charge on any atom is -0.461 e. The molecule has 0 heterocycles. The van der Waals surface area contributed by atoms with E-state index in [-0.39, 0.29) is 19.4 Å². The fourth-order valence-corrected chi connectivity index (χ4v) is 3.78. The van der Waals surface area contributed by atoms with Crippen LogP contribution in [0.4, 0.5) is 0 Å². The Morgan fingerprint density at radius 3 is 1.28 bits per heavy atom. The van der Waals surface area contributed by atoms with Gasteiger partial charge in [0.2, 0.25) is 0 Å². The molecule has 0 saturated carbocycles. The van der Waals surface area contributed by atoms with Crippen LogP contribution >= 0.6 is 0 Å². The van der Waals surface area contributed by atoms with Crippen molar-refractivity contribution >= 4 is 11.9 Å². The second-order valence-corrected chi connectivity index (χ2v) is 10.5. The molecule has 0 aromatic rings. The fraction of sp³-hybridized carbons (Fsp3) is 0.463. The van der Waals surface area contributed by atoms with E-state index >= 15 is 0 Å². The molecule has 5 nitrogen and oxygen atoms in total. The number of aliphatic hydroxyl groups excluding tert-OH is 1. The summed E-state index contributed by atoms with van der Waals surface area (Å²) in [6.07, 6.45) is 52.8. The summed E-state index contributed by atoms with van der Waals surface area (Å²) in [5.41, 5.74) is 0. The van der Waals surface area contributed by atoms with Gasteiger partial charge >= 0.3 is 11.9 Å². The van der Waals surface area contributed by atoms with Crippen LogP contribution in [-0.4, -0.2) is 36.4 Å². The Morgan fingerprint density at radius 2 is 0.891 bits per heavy atom. The molecule has 1 unspecified atom stereocenters. The summed E-state index contributed by atoms with van der Waals surface area (Å²) in [5, 5.41) is 9.50. The van der Waals surface area contributed by atoms with E-state index in [1.54, 1.807) is 6.08 Å². The molecule has 1 N–H and O–H groups in total. The quantitative estimate of drug-likeness (QED) is 0.0528. The number of hydrogen-bond donors (Lipinski definition) is 1. The van der Waals surface area contributed by atoms with Gasteiger partial charge in [-0.25, -0.2) is 0 Å². The van der Waals surface area contributed by atoms with E-state index in [2.05, 4.69) is 123 Å². The molecule has 0 radical (unpaired) electrons. The van der Waals surface area contributed by atoms with E-state index < -0.39 is 24.6 Å². The molecule has 0 amide bonds. The van der Waals surface area contributed by atoms with Crippen molar-refractivity contribution in [2.24, 2.45) is 0 Å². The maximum atomic E-state index is 12.1. The highest BCUT2D eigenvalue weighted by molar-refractivity contribution is 5.71. The van der Waals surface area contributed by atoms with E-state index in [0.717, 1.165) is 70.6 Å². The van der Waals surface area contributed by atoms with Gasteiger partial charge < -0.3 is 14.6 Å². The van der Waals surface area contributed by atoms with Crippen LogP contribution in [0.15, 0.2) is 122 Å². The van der Waals surface area contributed by atoms with Gasteiger partial charge in [0.25, 0.3) is 0 Å². The maximum Gasteiger partial charge on any atom is 0.309 e. The lowest BCUT2D eigenvalue weighted by atomic mass is 10.2. The Kier molecular flexibility index (Phi) is 32.9. The Balaban J connectivity index is 3.89. The van der Waals surface area contributed by atoms with Crippen molar-refractivity contribution < 1.29 is 24.2 Å². The lowest BCUT2D eigenvalue weighted by Gasteiger charge is -2.15. The molecule has 0 saturated heterocycles. The first kappa shape index (κ1) is 42.3. The van der Waals surface area contributed by atoms with Gasteiger partial charge in [0.1, 0.15) is 6.61 Å². The average Bonchev–Trinajstić information content (AvgIpc) is 3.06. The van der Waals surface area contributed by atoms with Gasteiger partial charge in [-0.3, -0.25) is 9.59 Å². The number of ether oxygens (including phenoxy) is 2. The van der Waals surface area contributed by atoms with Crippen molar-refractivity contribution in [3.8, 4) is 0 Å². The molecule has 1 atom stereocenters. The Bertz CT molecular complexity index is 1030. The number of carbonyl (C=O) groups excluding carboxylic acids is 2. The number of esters is 2. The molecule has 0 fully saturated rings. The van der Waals surface area contributed by atoms with Crippen LogP contribution in [0.5, 0.6) is 0 Å². The average molecular weight is 633 g/mol. The third-order valence-corrected chi connectivity index (χ3v) is 6.28. The summed E-state index contributed by atoms with van der Waals surface area (Å²) in [6, 6.07) is 0. The van der Waals surface area contributed by atoms with Crippen LogP contribution < -0.4 is 0 Å². The van der Waals surface area contributed by atoms with E-state index in [0.29, 0.717) is 6.42 Å². The van der Waals surface area contributed by atoms with Crippen molar-refractivity contribution in [3.63, 3.8) is 0 Å². The first-order valence-electron chi connectivity index (χ1n) is 17.1. The zero-order valence-electron chi connectivity index (χ0n) is 28.5. The van der Waals surface area contributed by atoms with Gasteiger partial charge in [0.15, 0.2) is 6.10 Å². The molecule has 0 aliphatic carbocycles. The topological polar surface area (TPSA) is 72.8 Å². The zero-order valence-corrected chi connectivity index (χ0v) is 28.5. The molecule has 0 rings (SSSR count). The van der Waals surface area contributed by atoms with Crippen LogP contribution in [0.1, 0.15) is 104 Å². The van der Waals surface area contributed by atoms with Gasteiger partial charge in [-0.05, 0) is 77.0 Å². The number of rotatable bonds is 28. The number of aliphatic hydroxyl groups is 1. The highest BCUT2D eigenvalue weighted by Gasteiger charge is 2.15. The summed E-state index contributed by atoms with van der Waals surface area (Å²) < 4.78 is 10.4. The minimum atomic E-state index is -0.849. The lowest BCUT2D eigenvalue weighted by molar-refractivity contribution is -0.161. The smallest absolute Gasteiger partial charge is 0.309 e. The Labute approximate surface area is 280 Å². The second-order valence-electron chi connectivity index (χ2n) is 10.5. The summed E-state index contributed by atoms with van der Waals surface area (Å²) in [7, 11) is 0. The second kappa shape index (κ2) is 35.8. The number of unbranched alkanes of at least 4 members (excludes halogenated alkanes) is 1. The van der Waals surface area contributed by atoms with E-state index in [9.17, 15) is 14.7 Å². The molecular formula is C41H60O5. The fourth-order valence-electron chi connectivity index (χ4n) is 3.78. The van der Waals surface area contributed by atoms with Crippen molar-refractivity contribution in [1.29, 1.82) is 0 Å². The van der Waals surface area contributed by atoms with Crippen molar-refractivity contribution in [3.05, 3.63) is 122 Å². The Morgan fingerprint density at radius 1 is 0.522 bits per heavy atom. The SMILES string of the molecule is CC/C=C\C/C=C\C/C=C\C/C=C\C/C=C\CCCC(=O)OC(CO)COC(=O)C/C=C\C/C=C\C/C=C\C/C=C\C/C=C\CC. The van der Waals surface area contributed by atoms with Gasteiger partial charge in [0.05, 0.1) is 13.0 Å². The van der Waals surface area contributed by atoms with Gasteiger partial charge in [-0.1, -0.05) is 135 Å². The van der Waals surface area contributed by atoms with Crippen LogP contribution in [0.3, 0.4) is 0 Å². The maximum absolute atomic E-state index is 12.1. The van der Waals surface area contributed by atoms with Crippen LogP contribution in [0.25, 0.3) is 0 Å². The van der Waals surface area contributed by atoms with Gasteiger partial charge in [-0.2, -0.15) is 0 Å². The van der Waals surface area contributed by atoms with E-state index in [1.165, 1.54) is 0 Å². The van der Waals surface area contributed by atoms with Crippen LogP contribution in [0, 0.1) is 0 Å². The third-order valence-electron chi connectivity index (χ3n) is 6.28. The first-order valence-corrected chi connectivity index (χ1v) is 17.1. The summed E-state index contributed by atoms with van der Waals surface area (Å²) >= 11 is 0. The summed E-state index contributed by atoms with van der Waals surface area (Å²) in [6.45, 7) is 3.73. The summed E-state index contributed by atoms with van der Waals surface area (Å²) in [4.78, 5) is 24.1. The molecular weight excluding hydrogens is 572 g/mol. The van der Waals surface area contributed by atoms with E-state index in [1.807, 2.05) is 6.08 Å². The molecule has 46 heavy (non-hydrogen) atoms. The third kappa shape index (κ3) is 33.2. The molecule has 0 bridgehead atoms. The largest absolute Gasteiger partial charge is 0.461 e. The van der Waals surface area contributed by atoms with Crippen LogP contribution in [0.2, 0.25) is 0 Å². The minimum absolute atomic E-state index is 0.132. The normalized spacial score (nSPS) is 13.7. The number of hydrogen-bond acceptors (Lipinski definition) is 5. The monoisotopic (exact) mass is 632 g/mol. The van der Waals surface area contributed by atoms with Crippen molar-refractivity contribution in [2.45, 2.75) is 110 Å². The molecule has 0 aliphatic rings.